The molecule has 0 radical (unpaired) electrons. The van der Waals surface area contributed by atoms with Crippen LogP contribution >= 0.6 is 0 Å². The van der Waals surface area contributed by atoms with E-state index in [4.69, 9.17) is 4.74 Å². The molecule has 1 aromatic rings. The fraction of sp³-hybridized carbons (Fsp3) is 0.556. The van der Waals surface area contributed by atoms with Gasteiger partial charge in [-0.1, -0.05) is 26.0 Å². The molecule has 0 saturated heterocycles. The number of carbonyl (C=O) groups excluding carboxylic acids is 2. The molecule has 1 aromatic carbocycles. The van der Waals surface area contributed by atoms with Gasteiger partial charge in [0.05, 0.1) is 18.8 Å². The standard InChI is InChI=1S/C18H29N3O4/c1-12(2)10-25-11-17(23)9-19-18(24)20-13(3)15-6-5-7-16(8-15)21-14(4)22/h5-8,12-13,17,23H,9-11H2,1-4H3,(H,21,22)(H2,19,20,24)/t13-,17-/m1/s1. The highest BCUT2D eigenvalue weighted by Crippen LogP contribution is 2.17. The lowest BCUT2D eigenvalue weighted by atomic mass is 10.1. The quantitative estimate of drug-likeness (QED) is 0.547. The maximum Gasteiger partial charge on any atom is 0.315 e. The minimum absolute atomic E-state index is 0.114. The van der Waals surface area contributed by atoms with Crippen LogP contribution in [0.1, 0.15) is 39.3 Å². The molecule has 3 amide bonds. The Bertz CT molecular complexity index is 563. The van der Waals surface area contributed by atoms with Crippen molar-refractivity contribution >= 4 is 17.6 Å². The highest BCUT2D eigenvalue weighted by Gasteiger charge is 2.12. The van der Waals surface area contributed by atoms with Gasteiger partial charge in [-0.05, 0) is 30.5 Å². The third-order valence-corrected chi connectivity index (χ3v) is 3.31. The molecule has 0 aliphatic rings. The maximum absolute atomic E-state index is 11.9. The van der Waals surface area contributed by atoms with Crippen molar-refractivity contribution in [2.75, 3.05) is 25.1 Å². The minimum Gasteiger partial charge on any atom is -0.389 e. The van der Waals surface area contributed by atoms with Gasteiger partial charge in [-0.3, -0.25) is 4.79 Å². The molecular weight excluding hydrogens is 322 g/mol. The highest BCUT2D eigenvalue weighted by atomic mass is 16.5. The fourth-order valence-corrected chi connectivity index (χ4v) is 2.13. The molecule has 7 heteroatoms. The van der Waals surface area contributed by atoms with Crippen LogP contribution in [0.5, 0.6) is 0 Å². The number of aliphatic hydroxyl groups excluding tert-OH is 1. The van der Waals surface area contributed by atoms with Crippen LogP contribution in [0.25, 0.3) is 0 Å². The third kappa shape index (κ3) is 9.07. The third-order valence-electron chi connectivity index (χ3n) is 3.31. The summed E-state index contributed by atoms with van der Waals surface area (Å²) in [7, 11) is 0. The number of hydrogen-bond acceptors (Lipinski definition) is 4. The average molecular weight is 351 g/mol. The zero-order chi connectivity index (χ0) is 18.8. The molecule has 2 atom stereocenters. The van der Waals surface area contributed by atoms with E-state index in [1.165, 1.54) is 6.92 Å². The van der Waals surface area contributed by atoms with E-state index >= 15 is 0 Å². The van der Waals surface area contributed by atoms with Crippen LogP contribution < -0.4 is 16.0 Å². The molecule has 1 rings (SSSR count). The summed E-state index contributed by atoms with van der Waals surface area (Å²) in [5.74, 6) is 0.252. The van der Waals surface area contributed by atoms with Crippen molar-refractivity contribution in [1.29, 1.82) is 0 Å². The fourth-order valence-electron chi connectivity index (χ4n) is 2.13. The van der Waals surface area contributed by atoms with E-state index in [-0.39, 0.29) is 31.1 Å². The van der Waals surface area contributed by atoms with Gasteiger partial charge >= 0.3 is 6.03 Å². The molecule has 4 N–H and O–H groups in total. The van der Waals surface area contributed by atoms with E-state index in [1.54, 1.807) is 12.1 Å². The Balaban J connectivity index is 2.39. The Labute approximate surface area is 149 Å². The van der Waals surface area contributed by atoms with Crippen LogP contribution in [-0.2, 0) is 9.53 Å². The lowest BCUT2D eigenvalue weighted by Gasteiger charge is -2.18. The van der Waals surface area contributed by atoms with Crippen LogP contribution in [0.4, 0.5) is 10.5 Å². The molecule has 0 heterocycles. The second-order valence-corrected chi connectivity index (χ2v) is 6.47. The molecule has 0 aliphatic carbocycles. The van der Waals surface area contributed by atoms with Gasteiger partial charge in [-0.25, -0.2) is 4.79 Å². The van der Waals surface area contributed by atoms with Gasteiger partial charge in [0.25, 0.3) is 0 Å². The highest BCUT2D eigenvalue weighted by molar-refractivity contribution is 5.88. The van der Waals surface area contributed by atoms with Crippen molar-refractivity contribution < 1.29 is 19.4 Å². The smallest absolute Gasteiger partial charge is 0.315 e. The first-order valence-corrected chi connectivity index (χ1v) is 8.45. The number of rotatable bonds is 9. The maximum atomic E-state index is 11.9. The molecule has 0 fully saturated rings. The minimum atomic E-state index is -0.747. The second kappa shape index (κ2) is 10.7. The predicted molar refractivity (Wildman–Crippen MR) is 97.4 cm³/mol. The molecule has 25 heavy (non-hydrogen) atoms. The number of ether oxygens (including phenoxy) is 1. The number of aliphatic hydroxyl groups is 1. The summed E-state index contributed by atoms with van der Waals surface area (Å²) >= 11 is 0. The van der Waals surface area contributed by atoms with Crippen molar-refractivity contribution in [2.45, 2.75) is 39.8 Å². The summed E-state index contributed by atoms with van der Waals surface area (Å²) in [6.45, 7) is 8.22. The van der Waals surface area contributed by atoms with Gasteiger partial charge in [-0.15, -0.1) is 0 Å². The van der Waals surface area contributed by atoms with Crippen LogP contribution in [0.2, 0.25) is 0 Å². The number of urea groups is 1. The number of anilines is 1. The largest absolute Gasteiger partial charge is 0.389 e. The zero-order valence-electron chi connectivity index (χ0n) is 15.3. The molecule has 0 bridgehead atoms. The summed E-state index contributed by atoms with van der Waals surface area (Å²) in [5, 5.41) is 17.9. The predicted octanol–water partition coefficient (Wildman–Crippen LogP) is 2.04. The summed E-state index contributed by atoms with van der Waals surface area (Å²) in [6.07, 6.45) is -0.747. The average Bonchev–Trinajstić information content (AvgIpc) is 2.52. The van der Waals surface area contributed by atoms with Gasteiger partial charge in [-0.2, -0.15) is 0 Å². The summed E-state index contributed by atoms with van der Waals surface area (Å²) in [6, 6.07) is 6.65. The van der Waals surface area contributed by atoms with E-state index in [0.29, 0.717) is 18.2 Å². The van der Waals surface area contributed by atoms with E-state index in [2.05, 4.69) is 16.0 Å². The van der Waals surface area contributed by atoms with Gasteiger partial charge < -0.3 is 25.8 Å². The van der Waals surface area contributed by atoms with E-state index in [9.17, 15) is 14.7 Å². The Hall–Kier alpha value is -2.12. The monoisotopic (exact) mass is 351 g/mol. The second-order valence-electron chi connectivity index (χ2n) is 6.47. The van der Waals surface area contributed by atoms with Crippen LogP contribution in [0, 0.1) is 5.92 Å². The molecule has 0 spiro atoms. The summed E-state index contributed by atoms with van der Waals surface area (Å²) < 4.78 is 5.33. The normalized spacial score (nSPS) is 13.2. The van der Waals surface area contributed by atoms with Crippen LogP contribution in [0.15, 0.2) is 24.3 Å². The first-order valence-electron chi connectivity index (χ1n) is 8.45. The summed E-state index contributed by atoms with van der Waals surface area (Å²) in [4.78, 5) is 23.0. The number of amides is 3. The van der Waals surface area contributed by atoms with Gasteiger partial charge in [0, 0.05) is 25.8 Å². The first-order chi connectivity index (χ1) is 11.8. The zero-order valence-corrected chi connectivity index (χ0v) is 15.3. The van der Waals surface area contributed by atoms with Crippen LogP contribution in [-0.4, -0.2) is 42.9 Å². The molecule has 0 unspecified atom stereocenters. The van der Waals surface area contributed by atoms with Gasteiger partial charge in [0.15, 0.2) is 0 Å². The summed E-state index contributed by atoms with van der Waals surface area (Å²) in [5.41, 5.74) is 1.54. The Morgan fingerprint density at radius 1 is 1.20 bits per heavy atom. The molecule has 0 aliphatic heterocycles. The van der Waals surface area contributed by atoms with Gasteiger partial charge in [0.1, 0.15) is 0 Å². The van der Waals surface area contributed by atoms with Gasteiger partial charge in [0.2, 0.25) is 5.91 Å². The SMILES string of the molecule is CC(=O)Nc1cccc([C@@H](C)NC(=O)NC[C@@H](O)COCC(C)C)c1. The first kappa shape index (κ1) is 20.9. The van der Waals surface area contributed by atoms with Crippen molar-refractivity contribution in [2.24, 2.45) is 5.92 Å². The number of nitrogens with one attached hydrogen (secondary N) is 3. The van der Waals surface area contributed by atoms with E-state index in [1.807, 2.05) is 32.9 Å². The topological polar surface area (TPSA) is 99.7 Å². The molecule has 0 saturated carbocycles. The van der Waals surface area contributed by atoms with Crippen LogP contribution in [0.3, 0.4) is 0 Å². The number of benzene rings is 1. The molecule has 140 valence electrons. The molecule has 7 nitrogen and oxygen atoms in total. The number of hydrogen-bond donors (Lipinski definition) is 4. The van der Waals surface area contributed by atoms with Crippen molar-refractivity contribution in [3.63, 3.8) is 0 Å². The van der Waals surface area contributed by atoms with E-state index in [0.717, 1.165) is 5.56 Å². The molecule has 0 aromatic heterocycles. The van der Waals surface area contributed by atoms with Crippen molar-refractivity contribution in [3.05, 3.63) is 29.8 Å². The Morgan fingerprint density at radius 3 is 2.56 bits per heavy atom. The van der Waals surface area contributed by atoms with E-state index < -0.39 is 6.10 Å². The molecular formula is C18H29N3O4. The lowest BCUT2D eigenvalue weighted by molar-refractivity contribution is -0.114. The van der Waals surface area contributed by atoms with Crippen molar-refractivity contribution in [1.82, 2.24) is 10.6 Å². The Morgan fingerprint density at radius 2 is 1.92 bits per heavy atom. The number of carbonyl (C=O) groups is 2. The Kier molecular flexibility index (Phi) is 8.94. The van der Waals surface area contributed by atoms with Crippen molar-refractivity contribution in [3.8, 4) is 0 Å². The lowest BCUT2D eigenvalue weighted by Crippen LogP contribution is -2.41.